The Hall–Kier alpha value is -2.12. The first-order valence-electron chi connectivity index (χ1n) is 7.16. The highest BCUT2D eigenvalue weighted by atomic mass is 35.5. The molecule has 2 nitrogen and oxygen atoms in total. The van der Waals surface area contributed by atoms with Gasteiger partial charge >= 0.3 is 0 Å². The molecule has 0 N–H and O–H groups in total. The van der Waals surface area contributed by atoms with Crippen LogP contribution in [0.25, 0.3) is 22.9 Å². The summed E-state index contributed by atoms with van der Waals surface area (Å²) in [7, 11) is 0. The standard InChI is InChI=1S/C19H12Cl2N2S/c1-12-3-2-4-13(7-12)8-15(10-22)19-23-18(11-24-19)14-5-6-16(20)17(21)9-14/h2-9,11H,1H3/b15-8-. The second-order valence-corrected chi connectivity index (χ2v) is 6.92. The molecular formula is C19H12Cl2N2S. The minimum absolute atomic E-state index is 0.486. The van der Waals surface area contributed by atoms with Gasteiger partial charge in [-0.3, -0.25) is 0 Å². The number of halogens is 2. The molecule has 0 bridgehead atoms. The maximum absolute atomic E-state index is 9.48. The van der Waals surface area contributed by atoms with Crippen LogP contribution in [0.15, 0.2) is 47.8 Å². The third-order valence-electron chi connectivity index (χ3n) is 3.42. The average Bonchev–Trinajstić information content (AvgIpc) is 3.05. The molecule has 118 valence electrons. The van der Waals surface area contributed by atoms with Gasteiger partial charge in [0.2, 0.25) is 0 Å². The predicted octanol–water partition coefficient (Wildman–Crippen LogP) is 6.49. The summed E-state index contributed by atoms with van der Waals surface area (Å²) >= 11 is 13.4. The van der Waals surface area contributed by atoms with E-state index in [1.54, 1.807) is 12.1 Å². The van der Waals surface area contributed by atoms with Gasteiger partial charge in [0, 0.05) is 10.9 Å². The topological polar surface area (TPSA) is 36.7 Å². The van der Waals surface area contributed by atoms with Gasteiger partial charge in [-0.05, 0) is 30.7 Å². The van der Waals surface area contributed by atoms with E-state index in [-0.39, 0.29) is 0 Å². The van der Waals surface area contributed by atoms with Crippen LogP contribution in [0, 0.1) is 18.3 Å². The average molecular weight is 371 g/mol. The van der Waals surface area contributed by atoms with Crippen LogP contribution in [0.2, 0.25) is 10.0 Å². The van der Waals surface area contributed by atoms with Gasteiger partial charge in [-0.15, -0.1) is 11.3 Å². The summed E-state index contributed by atoms with van der Waals surface area (Å²) < 4.78 is 0. The Kier molecular flexibility index (Phi) is 5.01. The van der Waals surface area contributed by atoms with Gasteiger partial charge in [-0.2, -0.15) is 5.26 Å². The lowest BCUT2D eigenvalue weighted by Crippen LogP contribution is -1.84. The van der Waals surface area contributed by atoms with E-state index < -0.39 is 0 Å². The molecule has 2 aromatic carbocycles. The Morgan fingerprint density at radius 2 is 2.00 bits per heavy atom. The zero-order chi connectivity index (χ0) is 17.1. The number of nitriles is 1. The number of aromatic nitrogens is 1. The molecule has 24 heavy (non-hydrogen) atoms. The van der Waals surface area contributed by atoms with Crippen molar-refractivity contribution in [3.05, 3.63) is 74.0 Å². The molecule has 1 aromatic heterocycles. The Labute approximate surface area is 154 Å². The van der Waals surface area contributed by atoms with Gasteiger partial charge < -0.3 is 0 Å². The quantitative estimate of drug-likeness (QED) is 0.494. The Balaban J connectivity index is 1.96. The summed E-state index contributed by atoms with van der Waals surface area (Å²) in [5.41, 5.74) is 4.32. The van der Waals surface area contributed by atoms with E-state index in [4.69, 9.17) is 23.2 Å². The van der Waals surface area contributed by atoms with E-state index in [1.165, 1.54) is 11.3 Å². The molecule has 0 saturated heterocycles. The summed E-state index contributed by atoms with van der Waals surface area (Å²) in [5, 5.41) is 13.1. The van der Waals surface area contributed by atoms with Crippen molar-refractivity contribution in [2.45, 2.75) is 6.92 Å². The lowest BCUT2D eigenvalue weighted by Gasteiger charge is -2.00. The molecular weight excluding hydrogens is 359 g/mol. The van der Waals surface area contributed by atoms with Crippen LogP contribution >= 0.6 is 34.5 Å². The molecule has 0 amide bonds. The third kappa shape index (κ3) is 3.68. The van der Waals surface area contributed by atoms with E-state index in [1.807, 2.05) is 48.7 Å². The van der Waals surface area contributed by atoms with E-state index in [2.05, 4.69) is 11.1 Å². The molecule has 0 saturated carbocycles. The van der Waals surface area contributed by atoms with Crippen molar-refractivity contribution < 1.29 is 0 Å². The van der Waals surface area contributed by atoms with Crippen molar-refractivity contribution >= 4 is 46.2 Å². The van der Waals surface area contributed by atoms with Crippen LogP contribution in [-0.2, 0) is 0 Å². The van der Waals surface area contributed by atoms with E-state index in [0.29, 0.717) is 20.6 Å². The second kappa shape index (κ2) is 7.19. The van der Waals surface area contributed by atoms with Gasteiger partial charge in [0.15, 0.2) is 0 Å². The smallest absolute Gasteiger partial charge is 0.134 e. The van der Waals surface area contributed by atoms with Crippen molar-refractivity contribution in [3.8, 4) is 17.3 Å². The number of allylic oxidation sites excluding steroid dienone is 1. The van der Waals surface area contributed by atoms with Crippen molar-refractivity contribution in [2.75, 3.05) is 0 Å². The first kappa shape index (κ1) is 16.7. The molecule has 0 aliphatic rings. The van der Waals surface area contributed by atoms with E-state index in [9.17, 15) is 5.26 Å². The second-order valence-electron chi connectivity index (χ2n) is 5.25. The number of nitrogens with zero attached hydrogens (tertiary/aromatic N) is 2. The largest absolute Gasteiger partial charge is 0.235 e. The fourth-order valence-corrected chi connectivity index (χ4v) is 3.35. The maximum atomic E-state index is 9.48. The zero-order valence-electron chi connectivity index (χ0n) is 12.8. The van der Waals surface area contributed by atoms with Crippen LogP contribution in [0.3, 0.4) is 0 Å². The number of rotatable bonds is 3. The highest BCUT2D eigenvalue weighted by molar-refractivity contribution is 7.11. The van der Waals surface area contributed by atoms with Gasteiger partial charge in [-0.1, -0.05) is 59.1 Å². The summed E-state index contributed by atoms with van der Waals surface area (Å²) in [6.45, 7) is 2.02. The van der Waals surface area contributed by atoms with Crippen LogP contribution < -0.4 is 0 Å². The SMILES string of the molecule is Cc1cccc(/C=C(/C#N)c2nc(-c3ccc(Cl)c(Cl)c3)cs2)c1. The fraction of sp³-hybridized carbons (Fsp3) is 0.0526. The number of hydrogen-bond donors (Lipinski definition) is 0. The molecule has 0 aliphatic carbocycles. The molecule has 3 rings (SSSR count). The predicted molar refractivity (Wildman–Crippen MR) is 102 cm³/mol. The van der Waals surface area contributed by atoms with Crippen LogP contribution in [0.4, 0.5) is 0 Å². The molecule has 0 radical (unpaired) electrons. The summed E-state index contributed by atoms with van der Waals surface area (Å²) in [5.74, 6) is 0. The van der Waals surface area contributed by atoms with Crippen molar-refractivity contribution in [3.63, 3.8) is 0 Å². The number of thiazole rings is 1. The Morgan fingerprint density at radius 1 is 1.17 bits per heavy atom. The summed E-state index contributed by atoms with van der Waals surface area (Å²) in [6, 6.07) is 15.6. The molecule has 0 aliphatic heterocycles. The molecule has 0 unspecified atom stereocenters. The number of benzene rings is 2. The van der Waals surface area contributed by atoms with Crippen molar-refractivity contribution in [2.24, 2.45) is 0 Å². The first-order chi connectivity index (χ1) is 11.6. The third-order valence-corrected chi connectivity index (χ3v) is 5.04. The Bertz CT molecular complexity index is 967. The minimum Gasteiger partial charge on any atom is -0.235 e. The minimum atomic E-state index is 0.486. The first-order valence-corrected chi connectivity index (χ1v) is 8.80. The van der Waals surface area contributed by atoms with Gasteiger partial charge in [-0.25, -0.2) is 4.98 Å². The van der Waals surface area contributed by atoms with Crippen molar-refractivity contribution in [1.29, 1.82) is 5.26 Å². The normalized spacial score (nSPS) is 11.3. The van der Waals surface area contributed by atoms with Crippen LogP contribution in [-0.4, -0.2) is 4.98 Å². The van der Waals surface area contributed by atoms with Gasteiger partial charge in [0.05, 0.1) is 21.3 Å². The van der Waals surface area contributed by atoms with Gasteiger partial charge in [0.25, 0.3) is 0 Å². The number of hydrogen-bond acceptors (Lipinski definition) is 3. The monoisotopic (exact) mass is 370 g/mol. The van der Waals surface area contributed by atoms with Gasteiger partial charge in [0.1, 0.15) is 11.1 Å². The maximum Gasteiger partial charge on any atom is 0.134 e. The van der Waals surface area contributed by atoms with Crippen LogP contribution in [0.1, 0.15) is 16.1 Å². The molecule has 1 heterocycles. The lowest BCUT2D eigenvalue weighted by atomic mass is 10.1. The molecule has 0 spiro atoms. The molecule has 3 aromatic rings. The van der Waals surface area contributed by atoms with E-state index in [0.717, 1.165) is 22.4 Å². The fourth-order valence-electron chi connectivity index (χ4n) is 2.25. The lowest BCUT2D eigenvalue weighted by molar-refractivity contribution is 1.37. The molecule has 0 atom stereocenters. The highest BCUT2D eigenvalue weighted by Crippen LogP contribution is 2.31. The number of aryl methyl sites for hydroxylation is 1. The van der Waals surface area contributed by atoms with Crippen molar-refractivity contribution in [1.82, 2.24) is 4.98 Å². The van der Waals surface area contributed by atoms with Crippen LogP contribution in [0.5, 0.6) is 0 Å². The zero-order valence-corrected chi connectivity index (χ0v) is 15.1. The highest BCUT2D eigenvalue weighted by Gasteiger charge is 2.10. The Morgan fingerprint density at radius 3 is 2.71 bits per heavy atom. The molecule has 5 heteroatoms. The molecule has 0 fully saturated rings. The summed E-state index contributed by atoms with van der Waals surface area (Å²) in [4.78, 5) is 4.57. The van der Waals surface area contributed by atoms with E-state index >= 15 is 0 Å². The summed E-state index contributed by atoms with van der Waals surface area (Å²) in [6.07, 6.45) is 1.85.